The molecule has 5 heteroatoms. The summed E-state index contributed by atoms with van der Waals surface area (Å²) in [5.74, 6) is 5.60. The predicted octanol–water partition coefficient (Wildman–Crippen LogP) is 3.28. The van der Waals surface area contributed by atoms with Crippen LogP contribution in [0, 0.1) is 17.8 Å². The SMILES string of the molecule is Fc1[nH]c(C#Cc2ccc3c(n2)CCCC3)nc1-c1cccnc1. The van der Waals surface area contributed by atoms with E-state index >= 15 is 0 Å². The predicted molar refractivity (Wildman–Crippen MR) is 88.6 cm³/mol. The highest BCUT2D eigenvalue weighted by Gasteiger charge is 2.12. The first kappa shape index (κ1) is 14.6. The minimum atomic E-state index is -0.509. The van der Waals surface area contributed by atoms with E-state index in [1.165, 1.54) is 18.4 Å². The Morgan fingerprint density at radius 3 is 2.83 bits per heavy atom. The Morgan fingerprint density at radius 1 is 1.04 bits per heavy atom. The summed E-state index contributed by atoms with van der Waals surface area (Å²) in [6, 6.07) is 7.51. The van der Waals surface area contributed by atoms with Gasteiger partial charge in [-0.2, -0.15) is 4.39 Å². The first-order valence-corrected chi connectivity index (χ1v) is 7.96. The normalized spacial score (nSPS) is 13.0. The van der Waals surface area contributed by atoms with Gasteiger partial charge in [-0.1, -0.05) is 6.07 Å². The first-order chi connectivity index (χ1) is 11.8. The van der Waals surface area contributed by atoms with Gasteiger partial charge < -0.3 is 4.98 Å². The molecular weight excluding hydrogens is 303 g/mol. The van der Waals surface area contributed by atoms with E-state index in [1.54, 1.807) is 24.5 Å². The fraction of sp³-hybridized carbons (Fsp3) is 0.211. The van der Waals surface area contributed by atoms with E-state index < -0.39 is 5.95 Å². The van der Waals surface area contributed by atoms with E-state index in [4.69, 9.17) is 0 Å². The second-order valence-corrected chi connectivity index (χ2v) is 5.75. The van der Waals surface area contributed by atoms with Crippen LogP contribution in [-0.2, 0) is 12.8 Å². The Hall–Kier alpha value is -3.00. The number of fused-ring (bicyclic) bond motifs is 1. The second kappa shape index (κ2) is 6.25. The number of halogens is 1. The Kier molecular flexibility index (Phi) is 3.80. The van der Waals surface area contributed by atoms with Crippen LogP contribution in [0.3, 0.4) is 0 Å². The van der Waals surface area contributed by atoms with Crippen molar-refractivity contribution >= 4 is 0 Å². The van der Waals surface area contributed by atoms with Gasteiger partial charge in [-0.25, -0.2) is 9.97 Å². The molecule has 1 N–H and O–H groups in total. The fourth-order valence-electron chi connectivity index (χ4n) is 2.88. The molecule has 0 saturated carbocycles. The molecule has 4 rings (SSSR count). The van der Waals surface area contributed by atoms with Gasteiger partial charge in [-0.15, -0.1) is 0 Å². The summed E-state index contributed by atoms with van der Waals surface area (Å²) in [5, 5.41) is 0. The van der Waals surface area contributed by atoms with Gasteiger partial charge in [0.2, 0.25) is 5.95 Å². The quantitative estimate of drug-likeness (QED) is 0.701. The molecule has 0 fully saturated rings. The van der Waals surface area contributed by atoms with E-state index in [2.05, 4.69) is 37.8 Å². The number of imidazole rings is 1. The van der Waals surface area contributed by atoms with Crippen LogP contribution in [0.4, 0.5) is 4.39 Å². The molecule has 0 atom stereocenters. The molecule has 3 heterocycles. The molecule has 0 bridgehead atoms. The zero-order chi connectivity index (χ0) is 16.4. The molecule has 0 saturated heterocycles. The van der Waals surface area contributed by atoms with E-state index in [1.807, 2.05) is 6.07 Å². The third kappa shape index (κ3) is 2.91. The Morgan fingerprint density at radius 2 is 1.96 bits per heavy atom. The molecule has 3 aromatic rings. The van der Waals surface area contributed by atoms with Crippen molar-refractivity contribution in [3.8, 4) is 23.1 Å². The van der Waals surface area contributed by atoms with Crippen molar-refractivity contribution in [2.45, 2.75) is 25.7 Å². The molecule has 1 aliphatic carbocycles. The summed E-state index contributed by atoms with van der Waals surface area (Å²) in [5.41, 5.74) is 3.98. The lowest BCUT2D eigenvalue weighted by Crippen LogP contribution is -2.05. The number of aryl methyl sites for hydroxylation is 2. The van der Waals surface area contributed by atoms with Crippen molar-refractivity contribution in [1.82, 2.24) is 19.9 Å². The largest absolute Gasteiger partial charge is 0.308 e. The van der Waals surface area contributed by atoms with Crippen LogP contribution >= 0.6 is 0 Å². The van der Waals surface area contributed by atoms with Crippen LogP contribution in [-0.4, -0.2) is 19.9 Å². The monoisotopic (exact) mass is 318 g/mol. The van der Waals surface area contributed by atoms with Crippen molar-refractivity contribution in [2.24, 2.45) is 0 Å². The fourth-order valence-corrected chi connectivity index (χ4v) is 2.88. The van der Waals surface area contributed by atoms with Crippen LogP contribution in [0.5, 0.6) is 0 Å². The van der Waals surface area contributed by atoms with Gasteiger partial charge in [-0.05, 0) is 61.3 Å². The lowest BCUT2D eigenvalue weighted by molar-refractivity contribution is 0.593. The van der Waals surface area contributed by atoms with Gasteiger partial charge in [0.15, 0.2) is 5.82 Å². The Bertz CT molecular complexity index is 935. The molecule has 0 amide bonds. The smallest absolute Gasteiger partial charge is 0.219 e. The van der Waals surface area contributed by atoms with Gasteiger partial charge in [0.25, 0.3) is 0 Å². The number of hydrogen-bond acceptors (Lipinski definition) is 3. The number of nitrogens with zero attached hydrogens (tertiary/aromatic N) is 3. The number of nitrogens with one attached hydrogen (secondary N) is 1. The molecule has 24 heavy (non-hydrogen) atoms. The number of aromatic nitrogens is 4. The maximum absolute atomic E-state index is 14.0. The van der Waals surface area contributed by atoms with Crippen molar-refractivity contribution in [1.29, 1.82) is 0 Å². The molecule has 0 spiro atoms. The molecule has 1 aliphatic rings. The van der Waals surface area contributed by atoms with Gasteiger partial charge in [0, 0.05) is 23.7 Å². The topological polar surface area (TPSA) is 54.5 Å². The van der Waals surface area contributed by atoms with Crippen molar-refractivity contribution in [3.05, 3.63) is 65.4 Å². The van der Waals surface area contributed by atoms with E-state index in [0.29, 0.717) is 11.3 Å². The highest BCUT2D eigenvalue weighted by atomic mass is 19.1. The lowest BCUT2D eigenvalue weighted by Gasteiger charge is -2.13. The number of pyridine rings is 2. The molecule has 118 valence electrons. The Balaban J connectivity index is 1.62. The zero-order valence-corrected chi connectivity index (χ0v) is 13.0. The maximum Gasteiger partial charge on any atom is 0.219 e. The zero-order valence-electron chi connectivity index (χ0n) is 13.0. The highest BCUT2D eigenvalue weighted by molar-refractivity contribution is 5.58. The first-order valence-electron chi connectivity index (χ1n) is 7.96. The summed E-state index contributed by atoms with van der Waals surface area (Å²) in [4.78, 5) is 15.4. The van der Waals surface area contributed by atoms with Crippen molar-refractivity contribution in [2.75, 3.05) is 0 Å². The van der Waals surface area contributed by atoms with Gasteiger partial charge in [-0.3, -0.25) is 4.98 Å². The average molecular weight is 318 g/mol. The number of aromatic amines is 1. The molecule has 4 nitrogen and oxygen atoms in total. The molecule has 0 aromatic carbocycles. The number of H-pyrrole nitrogens is 1. The van der Waals surface area contributed by atoms with E-state index in [-0.39, 0.29) is 11.5 Å². The van der Waals surface area contributed by atoms with Gasteiger partial charge in [0.1, 0.15) is 11.4 Å². The van der Waals surface area contributed by atoms with Crippen LogP contribution < -0.4 is 0 Å². The van der Waals surface area contributed by atoms with Crippen LogP contribution in [0.15, 0.2) is 36.7 Å². The van der Waals surface area contributed by atoms with Crippen LogP contribution in [0.25, 0.3) is 11.3 Å². The summed E-state index contributed by atoms with van der Waals surface area (Å²) in [6.45, 7) is 0. The second-order valence-electron chi connectivity index (χ2n) is 5.75. The minimum absolute atomic E-state index is 0.228. The third-order valence-electron chi connectivity index (χ3n) is 4.08. The van der Waals surface area contributed by atoms with Crippen LogP contribution in [0.2, 0.25) is 0 Å². The average Bonchev–Trinajstić information content (AvgIpc) is 3.01. The van der Waals surface area contributed by atoms with E-state index in [0.717, 1.165) is 18.5 Å². The minimum Gasteiger partial charge on any atom is -0.308 e. The standard InChI is InChI=1S/C19H15FN4/c20-19-18(14-5-3-11-21-12-14)23-17(24-19)10-9-15-8-7-13-4-1-2-6-16(13)22-15/h3,5,7-8,11-12H,1-2,4,6H2,(H,23,24). The summed E-state index contributed by atoms with van der Waals surface area (Å²) >= 11 is 0. The van der Waals surface area contributed by atoms with E-state index in [9.17, 15) is 4.39 Å². The maximum atomic E-state index is 14.0. The van der Waals surface area contributed by atoms with Crippen LogP contribution in [0.1, 0.15) is 35.6 Å². The van der Waals surface area contributed by atoms with Crippen molar-refractivity contribution < 1.29 is 4.39 Å². The molecule has 0 unspecified atom stereocenters. The summed E-state index contributed by atoms with van der Waals surface area (Å²) in [6.07, 6.45) is 7.70. The lowest BCUT2D eigenvalue weighted by atomic mass is 9.96. The molecular formula is C19H15FN4. The summed E-state index contributed by atoms with van der Waals surface area (Å²) in [7, 11) is 0. The highest BCUT2D eigenvalue weighted by Crippen LogP contribution is 2.20. The molecule has 0 aliphatic heterocycles. The Labute approximate surface area is 139 Å². The summed E-state index contributed by atoms with van der Waals surface area (Å²) < 4.78 is 14.0. The number of hydrogen-bond donors (Lipinski definition) is 1. The molecule has 0 radical (unpaired) electrons. The number of rotatable bonds is 1. The molecule has 3 aromatic heterocycles. The van der Waals surface area contributed by atoms with Crippen molar-refractivity contribution in [3.63, 3.8) is 0 Å². The third-order valence-corrected chi connectivity index (χ3v) is 4.08. The van der Waals surface area contributed by atoms with Gasteiger partial charge in [0.05, 0.1) is 0 Å². The van der Waals surface area contributed by atoms with Gasteiger partial charge >= 0.3 is 0 Å².